The zero-order valence-corrected chi connectivity index (χ0v) is 9.14. The van der Waals surface area contributed by atoms with Gasteiger partial charge in [-0.15, -0.1) is 0 Å². The van der Waals surface area contributed by atoms with E-state index in [1.165, 1.54) is 20.4 Å². The van der Waals surface area contributed by atoms with Crippen LogP contribution in [0.5, 0.6) is 0 Å². The van der Waals surface area contributed by atoms with E-state index in [1.807, 2.05) is 0 Å². The number of allylic oxidation sites excluding steroid dienone is 2. The summed E-state index contributed by atoms with van der Waals surface area (Å²) >= 11 is -0.127. The van der Waals surface area contributed by atoms with Crippen molar-refractivity contribution in [1.82, 2.24) is 0 Å². The summed E-state index contributed by atoms with van der Waals surface area (Å²) in [6, 6.07) is 4.60. The van der Waals surface area contributed by atoms with Gasteiger partial charge in [-0.05, 0) is 0 Å². The van der Waals surface area contributed by atoms with E-state index >= 15 is 0 Å². The third-order valence-corrected chi connectivity index (χ3v) is 4.49. The SMILES string of the molecule is [C]1=CC=c2cc3c(cc2[AsH]1)=CC=C3. The molecular weight excluding hydrogens is 219 g/mol. The van der Waals surface area contributed by atoms with Gasteiger partial charge < -0.3 is 0 Å². The van der Waals surface area contributed by atoms with E-state index in [-0.39, 0.29) is 15.8 Å². The van der Waals surface area contributed by atoms with Gasteiger partial charge in [-0.25, -0.2) is 0 Å². The average molecular weight is 227 g/mol. The summed E-state index contributed by atoms with van der Waals surface area (Å²) < 4.78 is 1.52. The Labute approximate surface area is 83.7 Å². The fourth-order valence-corrected chi connectivity index (χ4v) is 3.47. The van der Waals surface area contributed by atoms with Crippen LogP contribution in [0.25, 0.3) is 18.2 Å². The van der Waals surface area contributed by atoms with Gasteiger partial charge in [0.05, 0.1) is 0 Å². The number of hydrogen-bond acceptors (Lipinski definition) is 0. The predicted molar refractivity (Wildman–Crippen MR) is 58.3 cm³/mol. The van der Waals surface area contributed by atoms with Crippen LogP contribution >= 0.6 is 0 Å². The van der Waals surface area contributed by atoms with E-state index < -0.39 is 0 Å². The van der Waals surface area contributed by atoms with Crippen LogP contribution in [0.1, 0.15) is 5.56 Å². The molecule has 2 aliphatic rings. The minimum atomic E-state index is -0.127. The summed E-state index contributed by atoms with van der Waals surface area (Å²) in [5.41, 5.74) is 1.36. The van der Waals surface area contributed by atoms with Crippen LogP contribution in [-0.2, 0) is 0 Å². The molecule has 1 heterocycles. The predicted octanol–water partition coefficient (Wildman–Crippen LogP) is -0.333. The van der Waals surface area contributed by atoms with E-state index in [0.29, 0.717) is 0 Å². The van der Waals surface area contributed by atoms with Crippen molar-refractivity contribution >= 4 is 38.3 Å². The van der Waals surface area contributed by atoms with Crippen molar-refractivity contribution in [2.45, 2.75) is 0 Å². The fraction of sp³-hybridized carbons (Fsp3) is 0. The van der Waals surface area contributed by atoms with E-state index in [1.54, 1.807) is 0 Å². The van der Waals surface area contributed by atoms with Crippen LogP contribution in [0.2, 0.25) is 0 Å². The quantitative estimate of drug-likeness (QED) is 0.532. The van der Waals surface area contributed by atoms with Gasteiger partial charge in [-0.2, -0.15) is 0 Å². The molecule has 0 bridgehead atoms. The Balaban J connectivity index is 2.41. The van der Waals surface area contributed by atoms with Crippen LogP contribution in [0.3, 0.4) is 0 Å². The molecule has 0 N–H and O–H groups in total. The van der Waals surface area contributed by atoms with Crippen LogP contribution < -0.4 is 14.8 Å². The first-order valence-corrected chi connectivity index (χ1v) is 6.41. The summed E-state index contributed by atoms with van der Waals surface area (Å²) in [7, 11) is 0. The van der Waals surface area contributed by atoms with Gasteiger partial charge in [0, 0.05) is 0 Å². The maximum absolute atomic E-state index is 3.34. The standard InChI is InChI=1S/C12H8As/c1-3-9-7-11-5-2-6-13-12(11)8-10(9)4-1/h1-5,7-8,13H. The van der Waals surface area contributed by atoms with Gasteiger partial charge in [0.1, 0.15) is 0 Å². The first-order chi connectivity index (χ1) is 6.43. The third-order valence-electron chi connectivity index (χ3n) is 2.36. The van der Waals surface area contributed by atoms with Gasteiger partial charge in [0.2, 0.25) is 0 Å². The van der Waals surface area contributed by atoms with Crippen molar-refractivity contribution in [3.05, 3.63) is 45.1 Å². The molecule has 13 heavy (non-hydrogen) atoms. The number of benzene rings is 1. The molecule has 1 aliphatic heterocycles. The molecule has 0 spiro atoms. The van der Waals surface area contributed by atoms with Gasteiger partial charge >= 0.3 is 83.5 Å². The Morgan fingerprint density at radius 2 is 2.08 bits per heavy atom. The Morgan fingerprint density at radius 1 is 1.08 bits per heavy atom. The molecule has 0 fully saturated rings. The first kappa shape index (κ1) is 7.41. The number of rotatable bonds is 0. The molecule has 1 heteroatoms. The molecule has 1 aromatic carbocycles. The Kier molecular flexibility index (Phi) is 1.57. The summed E-state index contributed by atoms with van der Waals surface area (Å²) in [5, 5.41) is 2.78. The molecule has 0 amide bonds. The molecule has 1 atom stereocenters. The van der Waals surface area contributed by atoms with Crippen LogP contribution in [0.15, 0.2) is 24.3 Å². The minimum absolute atomic E-state index is 0.127. The molecule has 0 nitrogen and oxygen atoms in total. The number of fused-ring (bicyclic) bond motifs is 2. The van der Waals surface area contributed by atoms with Crippen molar-refractivity contribution in [3.63, 3.8) is 0 Å². The van der Waals surface area contributed by atoms with Gasteiger partial charge in [-0.1, -0.05) is 0 Å². The third kappa shape index (κ3) is 1.14. The monoisotopic (exact) mass is 227 g/mol. The van der Waals surface area contributed by atoms with E-state index in [0.717, 1.165) is 0 Å². The molecule has 3 rings (SSSR count). The van der Waals surface area contributed by atoms with Crippen molar-refractivity contribution in [1.29, 1.82) is 0 Å². The summed E-state index contributed by atoms with van der Waals surface area (Å²) in [4.78, 5) is 3.34. The maximum atomic E-state index is 3.34. The van der Waals surface area contributed by atoms with Crippen molar-refractivity contribution in [3.8, 4) is 0 Å². The molecule has 1 unspecified atom stereocenters. The van der Waals surface area contributed by atoms with Crippen LogP contribution in [-0.4, -0.2) is 15.8 Å². The molecule has 1 aliphatic carbocycles. The summed E-state index contributed by atoms with van der Waals surface area (Å²) in [6.07, 6.45) is 10.7. The summed E-state index contributed by atoms with van der Waals surface area (Å²) in [5.74, 6) is 0. The fourth-order valence-electron chi connectivity index (χ4n) is 1.69. The van der Waals surface area contributed by atoms with Gasteiger partial charge in [0.25, 0.3) is 0 Å². The van der Waals surface area contributed by atoms with Crippen molar-refractivity contribution < 1.29 is 0 Å². The zero-order valence-electron chi connectivity index (χ0n) is 7.04. The van der Waals surface area contributed by atoms with E-state index in [4.69, 9.17) is 0 Å². The molecule has 0 aromatic heterocycles. The van der Waals surface area contributed by atoms with E-state index in [2.05, 4.69) is 47.4 Å². The second kappa shape index (κ2) is 2.75. The van der Waals surface area contributed by atoms with Gasteiger partial charge in [-0.3, -0.25) is 0 Å². The molecule has 0 saturated carbocycles. The molecule has 1 aromatic rings. The Hall–Kier alpha value is -1.00. The topological polar surface area (TPSA) is 0 Å². The van der Waals surface area contributed by atoms with Gasteiger partial charge in [0.15, 0.2) is 0 Å². The zero-order chi connectivity index (χ0) is 8.67. The Bertz CT molecular complexity index is 533. The molecular formula is C12H8As. The summed E-state index contributed by atoms with van der Waals surface area (Å²) in [6.45, 7) is 0. The second-order valence-electron chi connectivity index (χ2n) is 3.20. The molecule has 0 saturated heterocycles. The van der Waals surface area contributed by atoms with Crippen LogP contribution in [0.4, 0.5) is 0 Å². The number of hydrogen-bond donors (Lipinski definition) is 0. The first-order valence-electron chi connectivity index (χ1n) is 4.31. The van der Waals surface area contributed by atoms with Crippen LogP contribution in [0, 0.1) is 4.86 Å². The second-order valence-corrected chi connectivity index (χ2v) is 5.46. The molecule has 61 valence electrons. The van der Waals surface area contributed by atoms with Crippen molar-refractivity contribution in [2.24, 2.45) is 0 Å². The van der Waals surface area contributed by atoms with E-state index in [9.17, 15) is 0 Å². The van der Waals surface area contributed by atoms with Crippen molar-refractivity contribution in [2.75, 3.05) is 0 Å². The molecule has 1 radical (unpaired) electrons. The normalized spacial score (nSPS) is 17.8. The average Bonchev–Trinajstić information content (AvgIpc) is 2.61. The Morgan fingerprint density at radius 3 is 3.08 bits per heavy atom.